The molecule has 1 atom stereocenters. The van der Waals surface area contributed by atoms with Gasteiger partial charge in [0.05, 0.1) is 12.3 Å². The van der Waals surface area contributed by atoms with Crippen LogP contribution in [0.4, 0.5) is 4.79 Å². The van der Waals surface area contributed by atoms with E-state index in [9.17, 15) is 4.79 Å². The van der Waals surface area contributed by atoms with Gasteiger partial charge in [-0.05, 0) is 31.2 Å². The maximum absolute atomic E-state index is 11.9. The quantitative estimate of drug-likeness (QED) is 0.760. The first-order chi connectivity index (χ1) is 10.2. The SMILES string of the molecule is CC(C)COCCCNC(=O)NC1CCCc2occc21. The Morgan fingerprint density at radius 1 is 1.52 bits per heavy atom. The first kappa shape index (κ1) is 15.9. The molecule has 0 aliphatic heterocycles. The van der Waals surface area contributed by atoms with Gasteiger partial charge in [-0.3, -0.25) is 0 Å². The van der Waals surface area contributed by atoms with Crippen LogP contribution in [0.15, 0.2) is 16.7 Å². The van der Waals surface area contributed by atoms with Crippen molar-refractivity contribution in [3.63, 3.8) is 0 Å². The van der Waals surface area contributed by atoms with Gasteiger partial charge in [-0.1, -0.05) is 13.8 Å². The smallest absolute Gasteiger partial charge is 0.315 e. The van der Waals surface area contributed by atoms with Crippen molar-refractivity contribution in [2.24, 2.45) is 5.92 Å². The van der Waals surface area contributed by atoms with Crippen molar-refractivity contribution in [1.82, 2.24) is 10.6 Å². The lowest BCUT2D eigenvalue weighted by molar-refractivity contribution is 0.108. The van der Waals surface area contributed by atoms with Gasteiger partial charge in [0.25, 0.3) is 0 Å². The first-order valence-corrected chi connectivity index (χ1v) is 7.85. The number of aryl methyl sites for hydroxylation is 1. The molecule has 5 heteroatoms. The van der Waals surface area contributed by atoms with Crippen LogP contribution in [0.3, 0.4) is 0 Å². The molecule has 0 saturated carbocycles. The first-order valence-electron chi connectivity index (χ1n) is 7.85. The number of ether oxygens (including phenoxy) is 1. The highest BCUT2D eigenvalue weighted by molar-refractivity contribution is 5.74. The zero-order chi connectivity index (χ0) is 15.1. The van der Waals surface area contributed by atoms with Crippen LogP contribution in [0.1, 0.15) is 50.5 Å². The Bertz CT molecular complexity index is 442. The molecule has 0 saturated heterocycles. The standard InChI is InChI=1S/C16H26N2O3/c1-12(2)11-20-9-4-8-17-16(19)18-14-5-3-6-15-13(14)7-10-21-15/h7,10,12,14H,3-6,8-9,11H2,1-2H3,(H2,17,18,19). The van der Waals surface area contributed by atoms with Crippen LogP contribution in [0.25, 0.3) is 0 Å². The number of nitrogens with one attached hydrogen (secondary N) is 2. The third kappa shape index (κ3) is 5.08. The van der Waals surface area contributed by atoms with E-state index in [1.54, 1.807) is 6.26 Å². The molecule has 2 rings (SSSR count). The maximum atomic E-state index is 11.9. The van der Waals surface area contributed by atoms with Crippen LogP contribution in [0.5, 0.6) is 0 Å². The van der Waals surface area contributed by atoms with E-state index < -0.39 is 0 Å². The molecular formula is C16H26N2O3. The average molecular weight is 294 g/mol. The lowest BCUT2D eigenvalue weighted by Gasteiger charge is -2.22. The molecular weight excluding hydrogens is 268 g/mol. The van der Waals surface area contributed by atoms with E-state index >= 15 is 0 Å². The van der Waals surface area contributed by atoms with Gasteiger partial charge in [0, 0.05) is 31.7 Å². The molecule has 1 aliphatic rings. The summed E-state index contributed by atoms with van der Waals surface area (Å²) in [4.78, 5) is 11.9. The average Bonchev–Trinajstić information content (AvgIpc) is 2.92. The Balaban J connectivity index is 1.62. The van der Waals surface area contributed by atoms with E-state index in [1.165, 1.54) is 0 Å². The second-order valence-corrected chi connectivity index (χ2v) is 5.97. The molecule has 1 heterocycles. The number of carbonyl (C=O) groups is 1. The molecule has 1 aromatic heterocycles. The van der Waals surface area contributed by atoms with Gasteiger partial charge in [0.15, 0.2) is 0 Å². The zero-order valence-corrected chi connectivity index (χ0v) is 13.0. The predicted octanol–water partition coefficient (Wildman–Crippen LogP) is 3.02. The summed E-state index contributed by atoms with van der Waals surface area (Å²) >= 11 is 0. The third-order valence-electron chi connectivity index (χ3n) is 3.56. The maximum Gasteiger partial charge on any atom is 0.315 e. The number of urea groups is 1. The monoisotopic (exact) mass is 294 g/mol. The number of rotatable bonds is 7. The van der Waals surface area contributed by atoms with Crippen LogP contribution in [-0.2, 0) is 11.2 Å². The summed E-state index contributed by atoms with van der Waals surface area (Å²) in [6.07, 6.45) is 5.53. The summed E-state index contributed by atoms with van der Waals surface area (Å²) in [6.45, 7) is 6.35. The molecule has 0 radical (unpaired) electrons. The molecule has 1 aliphatic carbocycles. The molecule has 1 aromatic rings. The predicted molar refractivity (Wildman–Crippen MR) is 81.2 cm³/mol. The Morgan fingerprint density at radius 3 is 3.19 bits per heavy atom. The van der Waals surface area contributed by atoms with Crippen LogP contribution in [0.2, 0.25) is 0 Å². The van der Waals surface area contributed by atoms with E-state index in [0.717, 1.165) is 43.6 Å². The van der Waals surface area contributed by atoms with Crippen molar-refractivity contribution < 1.29 is 13.9 Å². The Labute approximate surface area is 126 Å². The fraction of sp³-hybridized carbons (Fsp3) is 0.688. The summed E-state index contributed by atoms with van der Waals surface area (Å²) in [6, 6.07) is 1.92. The van der Waals surface area contributed by atoms with Crippen molar-refractivity contribution >= 4 is 6.03 Å². The van der Waals surface area contributed by atoms with E-state index in [1.807, 2.05) is 6.07 Å². The molecule has 0 bridgehead atoms. The Kier molecular flexibility index (Phi) is 6.11. The van der Waals surface area contributed by atoms with Gasteiger partial charge < -0.3 is 19.8 Å². The normalized spacial score (nSPS) is 17.6. The fourth-order valence-electron chi connectivity index (χ4n) is 2.54. The lowest BCUT2D eigenvalue weighted by atomic mass is 9.93. The topological polar surface area (TPSA) is 63.5 Å². The number of hydrogen-bond donors (Lipinski definition) is 2. The number of carbonyl (C=O) groups excluding carboxylic acids is 1. The van der Waals surface area contributed by atoms with Crippen molar-refractivity contribution in [3.05, 3.63) is 23.7 Å². The highest BCUT2D eigenvalue weighted by Crippen LogP contribution is 2.30. The molecule has 1 unspecified atom stereocenters. The summed E-state index contributed by atoms with van der Waals surface area (Å²) < 4.78 is 10.9. The van der Waals surface area contributed by atoms with Crippen molar-refractivity contribution in [3.8, 4) is 0 Å². The highest BCUT2D eigenvalue weighted by Gasteiger charge is 2.23. The molecule has 0 aromatic carbocycles. The van der Waals surface area contributed by atoms with Crippen LogP contribution in [0, 0.1) is 5.92 Å². The Morgan fingerprint density at radius 2 is 2.38 bits per heavy atom. The minimum Gasteiger partial charge on any atom is -0.469 e. The second kappa shape index (κ2) is 8.08. The number of furan rings is 1. The number of fused-ring (bicyclic) bond motifs is 1. The van der Waals surface area contributed by atoms with Crippen molar-refractivity contribution in [2.75, 3.05) is 19.8 Å². The summed E-state index contributed by atoms with van der Waals surface area (Å²) in [5, 5.41) is 5.90. The van der Waals surface area contributed by atoms with Gasteiger partial charge in [-0.25, -0.2) is 4.79 Å². The lowest BCUT2D eigenvalue weighted by Crippen LogP contribution is -2.39. The molecule has 2 N–H and O–H groups in total. The van der Waals surface area contributed by atoms with E-state index in [4.69, 9.17) is 9.15 Å². The summed E-state index contributed by atoms with van der Waals surface area (Å²) in [7, 11) is 0. The molecule has 0 fully saturated rings. The molecule has 5 nitrogen and oxygen atoms in total. The van der Waals surface area contributed by atoms with Crippen molar-refractivity contribution in [1.29, 1.82) is 0 Å². The third-order valence-corrected chi connectivity index (χ3v) is 3.56. The zero-order valence-electron chi connectivity index (χ0n) is 13.0. The van der Waals surface area contributed by atoms with Gasteiger partial charge in [-0.2, -0.15) is 0 Å². The van der Waals surface area contributed by atoms with Crippen LogP contribution < -0.4 is 10.6 Å². The number of hydrogen-bond acceptors (Lipinski definition) is 3. The van der Waals surface area contributed by atoms with Gasteiger partial charge in [-0.15, -0.1) is 0 Å². The second-order valence-electron chi connectivity index (χ2n) is 5.97. The minimum absolute atomic E-state index is 0.0738. The highest BCUT2D eigenvalue weighted by atomic mass is 16.5. The van der Waals surface area contributed by atoms with Crippen molar-refractivity contribution in [2.45, 2.75) is 45.6 Å². The molecule has 118 valence electrons. The molecule has 0 spiro atoms. The van der Waals surface area contributed by atoms with Crippen LogP contribution >= 0.6 is 0 Å². The van der Waals surface area contributed by atoms with Gasteiger partial charge in [0.1, 0.15) is 5.76 Å². The summed E-state index contributed by atoms with van der Waals surface area (Å²) in [5.41, 5.74) is 1.12. The van der Waals surface area contributed by atoms with Gasteiger partial charge in [0.2, 0.25) is 0 Å². The van der Waals surface area contributed by atoms with Crippen LogP contribution in [-0.4, -0.2) is 25.8 Å². The fourth-order valence-corrected chi connectivity index (χ4v) is 2.54. The molecule has 21 heavy (non-hydrogen) atoms. The van der Waals surface area contributed by atoms with E-state index in [2.05, 4.69) is 24.5 Å². The minimum atomic E-state index is -0.113. The number of amides is 2. The Hall–Kier alpha value is -1.49. The largest absolute Gasteiger partial charge is 0.469 e. The van der Waals surface area contributed by atoms with E-state index in [-0.39, 0.29) is 12.1 Å². The summed E-state index contributed by atoms with van der Waals surface area (Å²) in [5.74, 6) is 1.56. The van der Waals surface area contributed by atoms with Gasteiger partial charge >= 0.3 is 6.03 Å². The molecule has 2 amide bonds. The van der Waals surface area contributed by atoms with E-state index in [0.29, 0.717) is 19.1 Å².